The van der Waals surface area contributed by atoms with E-state index in [1.165, 1.54) is 25.7 Å². The minimum atomic E-state index is 0.579. The summed E-state index contributed by atoms with van der Waals surface area (Å²) in [6, 6.07) is 0. The zero-order valence-corrected chi connectivity index (χ0v) is 8.02. The first-order valence-electron chi connectivity index (χ1n) is 4.49. The summed E-state index contributed by atoms with van der Waals surface area (Å²) in [5.74, 6) is 1.53. The second-order valence-corrected chi connectivity index (χ2v) is 2.94. The largest absolute Gasteiger partial charge is 0.501 e. The van der Waals surface area contributed by atoms with Gasteiger partial charge in [0.2, 0.25) is 0 Å². The third kappa shape index (κ3) is 4.07. The monoisotopic (exact) mass is 156 g/mol. The highest BCUT2D eigenvalue weighted by Crippen LogP contribution is 2.21. The van der Waals surface area contributed by atoms with E-state index in [1.54, 1.807) is 7.11 Å². The molecule has 0 aliphatic heterocycles. The molecular formula is C10H20O. The number of methoxy groups -OCH3 is 1. The molecule has 1 heteroatoms. The molecule has 0 unspecified atom stereocenters. The van der Waals surface area contributed by atoms with Gasteiger partial charge in [0.05, 0.1) is 12.9 Å². The molecule has 0 aromatic heterocycles. The molecule has 0 saturated carbocycles. The normalized spacial score (nSPS) is 10.2. The molecule has 11 heavy (non-hydrogen) atoms. The number of hydrogen-bond acceptors (Lipinski definition) is 1. The third-order valence-corrected chi connectivity index (χ3v) is 1.99. The van der Waals surface area contributed by atoms with Crippen LogP contribution in [0.5, 0.6) is 0 Å². The Balaban J connectivity index is 3.76. The summed E-state index contributed by atoms with van der Waals surface area (Å²) < 4.78 is 5.12. The second kappa shape index (κ2) is 6.26. The van der Waals surface area contributed by atoms with E-state index in [0.717, 1.165) is 5.76 Å². The van der Waals surface area contributed by atoms with Crippen molar-refractivity contribution in [3.63, 3.8) is 0 Å². The van der Waals surface area contributed by atoms with Crippen LogP contribution >= 0.6 is 0 Å². The van der Waals surface area contributed by atoms with Crippen molar-refractivity contribution >= 4 is 0 Å². The lowest BCUT2D eigenvalue weighted by atomic mass is 9.97. The van der Waals surface area contributed by atoms with Crippen molar-refractivity contribution in [2.24, 2.45) is 5.92 Å². The van der Waals surface area contributed by atoms with Crippen LogP contribution in [0.4, 0.5) is 0 Å². The lowest BCUT2D eigenvalue weighted by molar-refractivity contribution is 0.230. The van der Waals surface area contributed by atoms with Gasteiger partial charge in [-0.3, -0.25) is 0 Å². The lowest BCUT2D eigenvalue weighted by Crippen LogP contribution is -2.04. The molecule has 0 aliphatic carbocycles. The van der Waals surface area contributed by atoms with Gasteiger partial charge in [0, 0.05) is 5.92 Å². The standard InChI is InChI=1S/C10H20O/c1-5-7-10(8-6-2)9(3)11-4/h10H,3,5-8H2,1-2,4H3. The molecule has 66 valence electrons. The summed E-state index contributed by atoms with van der Waals surface area (Å²) in [5, 5.41) is 0. The van der Waals surface area contributed by atoms with Crippen molar-refractivity contribution in [3.8, 4) is 0 Å². The highest BCUT2D eigenvalue weighted by molar-refractivity contribution is 4.90. The van der Waals surface area contributed by atoms with Gasteiger partial charge in [0.1, 0.15) is 0 Å². The summed E-state index contributed by atoms with van der Waals surface area (Å²) in [5.41, 5.74) is 0. The van der Waals surface area contributed by atoms with E-state index in [4.69, 9.17) is 4.74 Å². The molecule has 1 nitrogen and oxygen atoms in total. The Labute approximate surface area is 70.4 Å². The van der Waals surface area contributed by atoms with Crippen molar-refractivity contribution in [3.05, 3.63) is 12.3 Å². The number of ether oxygens (including phenoxy) is 1. The first-order valence-corrected chi connectivity index (χ1v) is 4.49. The van der Waals surface area contributed by atoms with Crippen molar-refractivity contribution in [1.82, 2.24) is 0 Å². The molecule has 0 heterocycles. The summed E-state index contributed by atoms with van der Waals surface area (Å²) in [7, 11) is 1.71. The highest BCUT2D eigenvalue weighted by Gasteiger charge is 2.10. The molecule has 0 fully saturated rings. The van der Waals surface area contributed by atoms with Crippen molar-refractivity contribution in [2.75, 3.05) is 7.11 Å². The molecular weight excluding hydrogens is 136 g/mol. The Bertz CT molecular complexity index is 101. The summed E-state index contributed by atoms with van der Waals surface area (Å²) in [4.78, 5) is 0. The minimum Gasteiger partial charge on any atom is -0.501 e. The minimum absolute atomic E-state index is 0.579. The number of allylic oxidation sites excluding steroid dienone is 1. The Morgan fingerprint density at radius 1 is 1.27 bits per heavy atom. The quantitative estimate of drug-likeness (QED) is 0.536. The molecule has 0 aromatic carbocycles. The smallest absolute Gasteiger partial charge is 0.0914 e. The molecule has 0 atom stereocenters. The van der Waals surface area contributed by atoms with Crippen molar-refractivity contribution < 1.29 is 4.74 Å². The van der Waals surface area contributed by atoms with Gasteiger partial charge in [0.15, 0.2) is 0 Å². The van der Waals surface area contributed by atoms with Gasteiger partial charge < -0.3 is 4.74 Å². The average molecular weight is 156 g/mol. The molecule has 0 aromatic rings. The van der Waals surface area contributed by atoms with E-state index in [-0.39, 0.29) is 0 Å². The van der Waals surface area contributed by atoms with E-state index in [0.29, 0.717) is 5.92 Å². The van der Waals surface area contributed by atoms with Crippen LogP contribution in [0.2, 0.25) is 0 Å². The van der Waals surface area contributed by atoms with E-state index in [2.05, 4.69) is 20.4 Å². The van der Waals surface area contributed by atoms with Gasteiger partial charge in [0.25, 0.3) is 0 Å². The highest BCUT2D eigenvalue weighted by atomic mass is 16.5. The fraction of sp³-hybridized carbons (Fsp3) is 0.800. The number of hydrogen-bond donors (Lipinski definition) is 0. The van der Waals surface area contributed by atoms with Crippen LogP contribution in [0.3, 0.4) is 0 Å². The Morgan fingerprint density at radius 3 is 2.00 bits per heavy atom. The van der Waals surface area contributed by atoms with Crippen molar-refractivity contribution in [2.45, 2.75) is 39.5 Å². The van der Waals surface area contributed by atoms with Gasteiger partial charge in [-0.1, -0.05) is 33.3 Å². The predicted molar refractivity (Wildman–Crippen MR) is 49.5 cm³/mol. The van der Waals surface area contributed by atoms with Crippen LogP contribution in [0, 0.1) is 5.92 Å². The second-order valence-electron chi connectivity index (χ2n) is 2.94. The first kappa shape index (κ1) is 10.5. The third-order valence-electron chi connectivity index (χ3n) is 1.99. The zero-order chi connectivity index (χ0) is 8.69. The Morgan fingerprint density at radius 2 is 1.73 bits per heavy atom. The molecule has 0 aliphatic rings. The van der Waals surface area contributed by atoms with Crippen LogP contribution in [0.1, 0.15) is 39.5 Å². The predicted octanol–water partition coefficient (Wildman–Crippen LogP) is 3.36. The first-order chi connectivity index (χ1) is 5.26. The Kier molecular flexibility index (Phi) is 6.00. The molecule has 0 N–H and O–H groups in total. The van der Waals surface area contributed by atoms with E-state index in [1.807, 2.05) is 0 Å². The van der Waals surface area contributed by atoms with E-state index in [9.17, 15) is 0 Å². The van der Waals surface area contributed by atoms with Crippen molar-refractivity contribution in [1.29, 1.82) is 0 Å². The fourth-order valence-electron chi connectivity index (χ4n) is 1.33. The van der Waals surface area contributed by atoms with Crippen LogP contribution in [-0.4, -0.2) is 7.11 Å². The van der Waals surface area contributed by atoms with Gasteiger partial charge in [-0.05, 0) is 12.8 Å². The Hall–Kier alpha value is -0.460. The molecule has 0 spiro atoms. The zero-order valence-electron chi connectivity index (χ0n) is 8.02. The SMILES string of the molecule is C=C(OC)C(CCC)CCC. The maximum Gasteiger partial charge on any atom is 0.0914 e. The fourth-order valence-corrected chi connectivity index (χ4v) is 1.33. The van der Waals surface area contributed by atoms with E-state index >= 15 is 0 Å². The molecule has 0 bridgehead atoms. The van der Waals surface area contributed by atoms with Gasteiger partial charge in [-0.2, -0.15) is 0 Å². The maximum atomic E-state index is 5.12. The van der Waals surface area contributed by atoms with Crippen LogP contribution in [0.25, 0.3) is 0 Å². The topological polar surface area (TPSA) is 9.23 Å². The van der Waals surface area contributed by atoms with Crippen LogP contribution in [0.15, 0.2) is 12.3 Å². The van der Waals surface area contributed by atoms with Crippen LogP contribution < -0.4 is 0 Å². The van der Waals surface area contributed by atoms with Gasteiger partial charge in [-0.15, -0.1) is 0 Å². The molecule has 0 amide bonds. The number of rotatable bonds is 6. The lowest BCUT2D eigenvalue weighted by Gasteiger charge is -2.16. The maximum absolute atomic E-state index is 5.12. The summed E-state index contributed by atoms with van der Waals surface area (Å²) >= 11 is 0. The van der Waals surface area contributed by atoms with Crippen LogP contribution in [-0.2, 0) is 4.74 Å². The van der Waals surface area contributed by atoms with Gasteiger partial charge >= 0.3 is 0 Å². The molecule has 0 saturated heterocycles. The van der Waals surface area contributed by atoms with Gasteiger partial charge in [-0.25, -0.2) is 0 Å². The average Bonchev–Trinajstić information content (AvgIpc) is 2.03. The molecule has 0 rings (SSSR count). The summed E-state index contributed by atoms with van der Waals surface area (Å²) in [6.45, 7) is 8.29. The van der Waals surface area contributed by atoms with E-state index < -0.39 is 0 Å². The molecule has 0 radical (unpaired) electrons. The summed E-state index contributed by atoms with van der Waals surface area (Å²) in [6.07, 6.45) is 4.85.